The minimum absolute atomic E-state index is 0.108. The molecular weight excluding hydrogens is 256 g/mol. The predicted octanol–water partition coefficient (Wildman–Crippen LogP) is 5.88. The third kappa shape index (κ3) is 1.26. The Morgan fingerprint density at radius 3 is 1.76 bits per heavy atom. The largest absolute Gasteiger partial charge is 0.289 e. The summed E-state index contributed by atoms with van der Waals surface area (Å²) in [6.45, 7) is 0. The van der Waals surface area contributed by atoms with Crippen molar-refractivity contribution in [1.82, 2.24) is 0 Å². The van der Waals surface area contributed by atoms with Gasteiger partial charge in [-0.1, -0.05) is 60.7 Å². The molecule has 0 unspecified atom stereocenters. The van der Waals surface area contributed by atoms with Crippen LogP contribution in [0.5, 0.6) is 5.75 Å². The van der Waals surface area contributed by atoms with Crippen molar-refractivity contribution >= 4 is 43.1 Å². The molecule has 97 valence electrons. The van der Waals surface area contributed by atoms with Crippen LogP contribution >= 0.6 is 0 Å². The summed E-state index contributed by atoms with van der Waals surface area (Å²) >= 11 is 0. The lowest BCUT2D eigenvalue weighted by Gasteiger charge is -2.14. The molecule has 5 aromatic carbocycles. The van der Waals surface area contributed by atoms with E-state index >= 15 is 0 Å². The number of rotatable bonds is 0. The summed E-state index contributed by atoms with van der Waals surface area (Å²) in [5.74, 6) is 0.108. The Morgan fingerprint density at radius 2 is 1.05 bits per heavy atom. The van der Waals surface area contributed by atoms with Crippen LogP contribution in [0, 0.1) is 0 Å². The Morgan fingerprint density at radius 1 is 0.476 bits per heavy atom. The van der Waals surface area contributed by atoms with Crippen LogP contribution in [0.1, 0.15) is 0 Å². The second-order valence-corrected chi connectivity index (χ2v) is 5.55. The predicted molar refractivity (Wildman–Crippen MR) is 87.8 cm³/mol. The van der Waals surface area contributed by atoms with Crippen molar-refractivity contribution in [1.29, 1.82) is 0 Å². The van der Waals surface area contributed by atoms with Gasteiger partial charge in [-0.25, -0.2) is 0 Å². The lowest BCUT2D eigenvalue weighted by molar-refractivity contribution is 0.360. The third-order valence-corrected chi connectivity index (χ3v) is 4.47. The molecule has 0 heterocycles. The zero-order valence-electron chi connectivity index (χ0n) is 11.3. The van der Waals surface area contributed by atoms with E-state index in [1.54, 1.807) is 6.07 Å². The highest BCUT2D eigenvalue weighted by atomic mass is 16.3. The highest BCUT2D eigenvalue weighted by Gasteiger charge is 2.15. The first-order valence-electron chi connectivity index (χ1n) is 7.10. The molecule has 5 aromatic rings. The van der Waals surface area contributed by atoms with Gasteiger partial charge in [0.05, 0.1) is 0 Å². The topological polar surface area (TPSA) is 19.9 Å². The van der Waals surface area contributed by atoms with Crippen LogP contribution in [-0.2, 0) is 5.11 Å². The maximum absolute atomic E-state index is 12.5. The smallest absolute Gasteiger partial charge is 0.187 e. The van der Waals surface area contributed by atoms with Gasteiger partial charge in [-0.2, -0.15) is 0 Å². The van der Waals surface area contributed by atoms with E-state index in [1.165, 1.54) is 21.5 Å². The molecule has 0 fully saturated rings. The van der Waals surface area contributed by atoms with Crippen molar-refractivity contribution in [2.45, 2.75) is 0 Å². The Kier molecular flexibility index (Phi) is 1.90. The number of hydrogen-bond acceptors (Lipinski definition) is 0. The molecule has 0 spiro atoms. The number of fused-ring (bicyclic) bond motifs is 2. The summed E-state index contributed by atoms with van der Waals surface area (Å²) in [6.07, 6.45) is 0. The van der Waals surface area contributed by atoms with Crippen molar-refractivity contribution in [2.24, 2.45) is 0 Å². The monoisotopic (exact) mass is 267 g/mol. The van der Waals surface area contributed by atoms with E-state index in [0.717, 1.165) is 21.5 Å². The average Bonchev–Trinajstić information content (AvgIpc) is 2.53. The average molecular weight is 267 g/mol. The molecule has 0 atom stereocenters. The fourth-order valence-electron chi connectivity index (χ4n) is 3.63. The maximum Gasteiger partial charge on any atom is 0.187 e. The van der Waals surface area contributed by atoms with E-state index in [1.807, 2.05) is 12.1 Å². The molecule has 0 aromatic heterocycles. The van der Waals surface area contributed by atoms with Crippen LogP contribution in [0.2, 0.25) is 0 Å². The van der Waals surface area contributed by atoms with Crippen LogP contribution in [0.15, 0.2) is 66.7 Å². The summed E-state index contributed by atoms with van der Waals surface area (Å²) in [7, 11) is 0. The standard InChI is InChI=1S/C20H11O/c21-17-11-10-13-6-2-8-15-14-7-1-4-12-5-3-9-16(18(12)14)20(17)19(13)15/h1-11H. The highest BCUT2D eigenvalue weighted by molar-refractivity contribution is 6.33. The van der Waals surface area contributed by atoms with E-state index in [2.05, 4.69) is 48.5 Å². The van der Waals surface area contributed by atoms with Gasteiger partial charge in [0.2, 0.25) is 0 Å². The van der Waals surface area contributed by atoms with Gasteiger partial charge in [0, 0.05) is 10.8 Å². The van der Waals surface area contributed by atoms with E-state index in [4.69, 9.17) is 0 Å². The Bertz CT molecular complexity index is 1130. The van der Waals surface area contributed by atoms with Gasteiger partial charge >= 0.3 is 0 Å². The van der Waals surface area contributed by atoms with Crippen molar-refractivity contribution in [3.05, 3.63) is 66.7 Å². The molecule has 1 heteroatoms. The second kappa shape index (κ2) is 3.64. The summed E-state index contributed by atoms with van der Waals surface area (Å²) < 4.78 is 0. The van der Waals surface area contributed by atoms with Crippen molar-refractivity contribution in [2.75, 3.05) is 0 Å². The van der Waals surface area contributed by atoms with Gasteiger partial charge in [0.15, 0.2) is 5.75 Å². The molecule has 1 radical (unpaired) electrons. The minimum atomic E-state index is 0.108. The molecule has 21 heavy (non-hydrogen) atoms. The van der Waals surface area contributed by atoms with Gasteiger partial charge in [0.1, 0.15) is 0 Å². The lowest BCUT2D eigenvalue weighted by Crippen LogP contribution is -1.86. The fourth-order valence-corrected chi connectivity index (χ4v) is 3.63. The number of hydrogen-bond donors (Lipinski definition) is 0. The first-order valence-corrected chi connectivity index (χ1v) is 7.10. The molecule has 0 bridgehead atoms. The zero-order chi connectivity index (χ0) is 14.0. The first-order chi connectivity index (χ1) is 10.3. The molecule has 0 N–H and O–H groups in total. The lowest BCUT2D eigenvalue weighted by atomic mass is 9.89. The normalized spacial score (nSPS) is 12.0. The van der Waals surface area contributed by atoms with Gasteiger partial charge in [0.25, 0.3) is 0 Å². The first kappa shape index (κ1) is 10.9. The Hall–Kier alpha value is -2.80. The minimum Gasteiger partial charge on any atom is -0.289 e. The summed E-state index contributed by atoms with van der Waals surface area (Å²) in [6, 6.07) is 22.5. The molecule has 5 rings (SSSR count). The van der Waals surface area contributed by atoms with E-state index in [9.17, 15) is 5.11 Å². The number of benzene rings is 5. The molecule has 0 saturated heterocycles. The zero-order valence-corrected chi connectivity index (χ0v) is 11.3. The Labute approximate surface area is 121 Å². The third-order valence-electron chi connectivity index (χ3n) is 4.47. The van der Waals surface area contributed by atoms with Gasteiger partial charge in [-0.05, 0) is 38.4 Å². The van der Waals surface area contributed by atoms with Gasteiger partial charge in [-0.15, -0.1) is 0 Å². The summed E-state index contributed by atoms with van der Waals surface area (Å²) in [4.78, 5) is 0. The molecule has 0 aliphatic carbocycles. The van der Waals surface area contributed by atoms with Crippen LogP contribution < -0.4 is 0 Å². The molecule has 0 amide bonds. The Balaban J connectivity index is 2.32. The van der Waals surface area contributed by atoms with Crippen LogP contribution in [-0.4, -0.2) is 0 Å². The quantitative estimate of drug-likeness (QED) is 0.246. The molecule has 0 saturated carbocycles. The van der Waals surface area contributed by atoms with Crippen molar-refractivity contribution in [3.63, 3.8) is 0 Å². The summed E-state index contributed by atoms with van der Waals surface area (Å²) in [5.41, 5.74) is 0. The maximum atomic E-state index is 12.5. The van der Waals surface area contributed by atoms with E-state index in [0.29, 0.717) is 0 Å². The van der Waals surface area contributed by atoms with Crippen LogP contribution in [0.4, 0.5) is 0 Å². The SMILES string of the molecule is [O]c1ccc2cccc3c4cccc5cccc(c1c23)c54. The van der Waals surface area contributed by atoms with Gasteiger partial charge < -0.3 is 0 Å². The van der Waals surface area contributed by atoms with E-state index < -0.39 is 0 Å². The molecule has 1 nitrogen and oxygen atoms in total. The highest BCUT2D eigenvalue weighted by Crippen LogP contribution is 2.43. The molecular formula is C20H11O. The van der Waals surface area contributed by atoms with Gasteiger partial charge in [-0.3, -0.25) is 5.11 Å². The van der Waals surface area contributed by atoms with Crippen LogP contribution in [0.25, 0.3) is 43.1 Å². The van der Waals surface area contributed by atoms with E-state index in [-0.39, 0.29) is 5.75 Å². The van der Waals surface area contributed by atoms with Crippen LogP contribution in [0.3, 0.4) is 0 Å². The fraction of sp³-hybridized carbons (Fsp3) is 0. The molecule has 0 aliphatic rings. The second-order valence-electron chi connectivity index (χ2n) is 5.55. The summed E-state index contributed by atoms with van der Waals surface area (Å²) in [5, 5.41) is 21.4. The van der Waals surface area contributed by atoms with Crippen molar-refractivity contribution in [3.8, 4) is 5.75 Å². The molecule has 0 aliphatic heterocycles. The van der Waals surface area contributed by atoms with Crippen molar-refractivity contribution < 1.29 is 5.11 Å².